The zero-order valence-electron chi connectivity index (χ0n) is 13.9. The molecule has 0 fully saturated rings. The van der Waals surface area contributed by atoms with Gasteiger partial charge in [-0.1, -0.05) is 45.4 Å². The standard InChI is InChI=1S/C18H26N4O/c1-2-3-4-5-6-7-8-11-20-18(23)16-9-10-17(21-14-16)22-13-12-19-15-22/h9-10,12-15H,2-8,11H2,1H3,(H,20,23). The van der Waals surface area contributed by atoms with Crippen LogP contribution in [-0.2, 0) is 0 Å². The quantitative estimate of drug-likeness (QED) is 0.679. The molecule has 0 aromatic carbocycles. The van der Waals surface area contributed by atoms with E-state index in [1.54, 1.807) is 29.4 Å². The third-order valence-corrected chi connectivity index (χ3v) is 3.84. The van der Waals surface area contributed by atoms with Gasteiger partial charge in [0, 0.05) is 25.1 Å². The van der Waals surface area contributed by atoms with E-state index >= 15 is 0 Å². The van der Waals surface area contributed by atoms with Crippen molar-refractivity contribution in [2.75, 3.05) is 6.54 Å². The molecule has 0 radical (unpaired) electrons. The fourth-order valence-corrected chi connectivity index (χ4v) is 2.45. The van der Waals surface area contributed by atoms with Crippen molar-refractivity contribution in [1.82, 2.24) is 19.9 Å². The lowest BCUT2D eigenvalue weighted by molar-refractivity contribution is 0.0952. The number of carbonyl (C=O) groups is 1. The minimum absolute atomic E-state index is 0.0549. The summed E-state index contributed by atoms with van der Waals surface area (Å²) in [5, 5.41) is 2.96. The van der Waals surface area contributed by atoms with Crippen LogP contribution in [0.25, 0.3) is 5.82 Å². The van der Waals surface area contributed by atoms with Crippen LogP contribution in [0.3, 0.4) is 0 Å². The van der Waals surface area contributed by atoms with Gasteiger partial charge in [-0.25, -0.2) is 9.97 Å². The number of aromatic nitrogens is 3. The van der Waals surface area contributed by atoms with Crippen molar-refractivity contribution in [3.63, 3.8) is 0 Å². The Bertz CT molecular complexity index is 563. The van der Waals surface area contributed by atoms with Crippen molar-refractivity contribution in [1.29, 1.82) is 0 Å². The molecule has 0 atom stereocenters. The second-order valence-corrected chi connectivity index (χ2v) is 5.75. The number of imidazole rings is 1. The van der Waals surface area contributed by atoms with Gasteiger partial charge in [-0.3, -0.25) is 9.36 Å². The molecule has 0 saturated carbocycles. The van der Waals surface area contributed by atoms with Crippen LogP contribution < -0.4 is 5.32 Å². The molecule has 0 saturated heterocycles. The molecular weight excluding hydrogens is 288 g/mol. The Hall–Kier alpha value is -2.17. The van der Waals surface area contributed by atoms with E-state index < -0.39 is 0 Å². The van der Waals surface area contributed by atoms with E-state index in [0.717, 1.165) is 18.8 Å². The number of amides is 1. The molecule has 2 aromatic rings. The number of rotatable bonds is 10. The third kappa shape index (κ3) is 5.85. The Balaban J connectivity index is 1.66. The van der Waals surface area contributed by atoms with Crippen molar-refractivity contribution >= 4 is 5.91 Å². The van der Waals surface area contributed by atoms with E-state index in [1.165, 1.54) is 38.5 Å². The molecule has 0 aliphatic heterocycles. The SMILES string of the molecule is CCCCCCCCCNC(=O)c1ccc(-n2ccnc2)nc1. The summed E-state index contributed by atoms with van der Waals surface area (Å²) in [7, 11) is 0. The van der Waals surface area contributed by atoms with Gasteiger partial charge in [0.05, 0.1) is 5.56 Å². The summed E-state index contributed by atoms with van der Waals surface area (Å²) < 4.78 is 1.81. The molecular formula is C18H26N4O. The second-order valence-electron chi connectivity index (χ2n) is 5.75. The van der Waals surface area contributed by atoms with Gasteiger partial charge >= 0.3 is 0 Å². The average Bonchev–Trinajstić information content (AvgIpc) is 3.12. The van der Waals surface area contributed by atoms with Crippen molar-refractivity contribution in [2.45, 2.75) is 51.9 Å². The summed E-state index contributed by atoms with van der Waals surface area (Å²) in [6, 6.07) is 3.62. The van der Waals surface area contributed by atoms with E-state index in [0.29, 0.717) is 5.56 Å². The summed E-state index contributed by atoms with van der Waals surface area (Å²) in [5.74, 6) is 0.701. The summed E-state index contributed by atoms with van der Waals surface area (Å²) in [4.78, 5) is 20.3. The number of pyridine rings is 1. The van der Waals surface area contributed by atoms with Crippen molar-refractivity contribution < 1.29 is 4.79 Å². The Morgan fingerprint density at radius 2 is 1.91 bits per heavy atom. The van der Waals surface area contributed by atoms with Gasteiger partial charge in [0.15, 0.2) is 0 Å². The Morgan fingerprint density at radius 3 is 2.57 bits per heavy atom. The van der Waals surface area contributed by atoms with E-state index in [9.17, 15) is 4.79 Å². The van der Waals surface area contributed by atoms with E-state index in [2.05, 4.69) is 22.2 Å². The van der Waals surface area contributed by atoms with Gasteiger partial charge in [-0.05, 0) is 18.6 Å². The summed E-state index contributed by atoms with van der Waals surface area (Å²) >= 11 is 0. The lowest BCUT2D eigenvalue weighted by Gasteiger charge is -2.06. The highest BCUT2D eigenvalue weighted by Crippen LogP contribution is 2.07. The number of nitrogens with zero attached hydrogens (tertiary/aromatic N) is 3. The van der Waals surface area contributed by atoms with Crippen LogP contribution >= 0.6 is 0 Å². The van der Waals surface area contributed by atoms with E-state index in [-0.39, 0.29) is 5.91 Å². The zero-order chi connectivity index (χ0) is 16.3. The molecule has 0 unspecified atom stereocenters. The average molecular weight is 314 g/mol. The Labute approximate surface area is 138 Å². The summed E-state index contributed by atoms with van der Waals surface area (Å²) in [5.41, 5.74) is 0.594. The third-order valence-electron chi connectivity index (χ3n) is 3.84. The highest BCUT2D eigenvalue weighted by atomic mass is 16.1. The minimum atomic E-state index is -0.0549. The number of carbonyl (C=O) groups excluding carboxylic acids is 1. The van der Waals surface area contributed by atoms with Crippen LogP contribution in [-0.4, -0.2) is 27.0 Å². The van der Waals surface area contributed by atoms with E-state index in [1.807, 2.05) is 12.3 Å². The lowest BCUT2D eigenvalue weighted by Crippen LogP contribution is -2.24. The first kappa shape index (κ1) is 17.2. The van der Waals surface area contributed by atoms with Crippen molar-refractivity contribution in [2.24, 2.45) is 0 Å². The molecule has 2 heterocycles. The number of unbranched alkanes of at least 4 members (excludes halogenated alkanes) is 6. The highest BCUT2D eigenvalue weighted by Gasteiger charge is 2.06. The van der Waals surface area contributed by atoms with Gasteiger partial charge in [0.1, 0.15) is 12.1 Å². The predicted molar refractivity (Wildman–Crippen MR) is 91.7 cm³/mol. The number of hydrogen-bond acceptors (Lipinski definition) is 3. The smallest absolute Gasteiger partial charge is 0.252 e. The monoisotopic (exact) mass is 314 g/mol. The molecule has 0 bridgehead atoms. The molecule has 124 valence electrons. The fraction of sp³-hybridized carbons (Fsp3) is 0.500. The summed E-state index contributed by atoms with van der Waals surface area (Å²) in [6.07, 6.45) is 15.5. The maximum atomic E-state index is 12.0. The number of nitrogens with one attached hydrogen (secondary N) is 1. The predicted octanol–water partition coefficient (Wildman–Crippen LogP) is 3.75. The normalized spacial score (nSPS) is 10.7. The molecule has 5 heteroatoms. The fourth-order valence-electron chi connectivity index (χ4n) is 2.45. The van der Waals surface area contributed by atoms with Gasteiger partial charge in [-0.2, -0.15) is 0 Å². The van der Waals surface area contributed by atoms with Gasteiger partial charge in [0.25, 0.3) is 5.91 Å². The Morgan fingerprint density at radius 1 is 1.13 bits per heavy atom. The molecule has 2 rings (SSSR count). The topological polar surface area (TPSA) is 59.8 Å². The van der Waals surface area contributed by atoms with E-state index in [4.69, 9.17) is 0 Å². The van der Waals surface area contributed by atoms with Crippen molar-refractivity contribution in [3.05, 3.63) is 42.6 Å². The maximum absolute atomic E-state index is 12.0. The molecule has 2 aromatic heterocycles. The molecule has 0 aliphatic carbocycles. The minimum Gasteiger partial charge on any atom is -0.352 e. The maximum Gasteiger partial charge on any atom is 0.252 e. The van der Waals surface area contributed by atoms with Crippen LogP contribution in [0.5, 0.6) is 0 Å². The van der Waals surface area contributed by atoms with Gasteiger partial charge < -0.3 is 5.32 Å². The molecule has 0 spiro atoms. The molecule has 1 N–H and O–H groups in total. The molecule has 1 amide bonds. The van der Waals surface area contributed by atoms with Crippen LogP contribution in [0.2, 0.25) is 0 Å². The first-order chi connectivity index (χ1) is 11.3. The zero-order valence-corrected chi connectivity index (χ0v) is 13.9. The van der Waals surface area contributed by atoms with Crippen LogP contribution in [0.4, 0.5) is 0 Å². The first-order valence-electron chi connectivity index (χ1n) is 8.54. The highest BCUT2D eigenvalue weighted by molar-refractivity contribution is 5.93. The second kappa shape index (κ2) is 9.77. The Kier molecular flexibility index (Phi) is 7.30. The van der Waals surface area contributed by atoms with Crippen LogP contribution in [0, 0.1) is 0 Å². The lowest BCUT2D eigenvalue weighted by atomic mass is 10.1. The van der Waals surface area contributed by atoms with Gasteiger partial charge in [0.2, 0.25) is 0 Å². The number of hydrogen-bond donors (Lipinski definition) is 1. The first-order valence-corrected chi connectivity index (χ1v) is 8.54. The molecule has 0 aliphatic rings. The van der Waals surface area contributed by atoms with Crippen LogP contribution in [0.15, 0.2) is 37.1 Å². The summed E-state index contributed by atoms with van der Waals surface area (Å²) in [6.45, 7) is 2.96. The molecule has 23 heavy (non-hydrogen) atoms. The largest absolute Gasteiger partial charge is 0.352 e. The van der Waals surface area contributed by atoms with Gasteiger partial charge in [-0.15, -0.1) is 0 Å². The molecule has 5 nitrogen and oxygen atoms in total. The van der Waals surface area contributed by atoms with Crippen molar-refractivity contribution in [3.8, 4) is 5.82 Å². The van der Waals surface area contributed by atoms with Crippen LogP contribution in [0.1, 0.15) is 62.2 Å².